The number of benzene rings is 2. The lowest BCUT2D eigenvalue weighted by molar-refractivity contribution is 0.107. The minimum Gasteiger partial charge on any atom is -0.475 e. The summed E-state index contributed by atoms with van der Waals surface area (Å²) in [5.41, 5.74) is -0.780. The molecule has 8 rings (SSSR count). The number of amides is 1. The number of ether oxygens (including phenoxy) is 3. The number of hydrogen-bond acceptors (Lipinski definition) is 9. The van der Waals surface area contributed by atoms with E-state index in [4.69, 9.17) is 25.6 Å². The number of anilines is 1. The molecule has 2 aromatic carbocycles. The topological polar surface area (TPSA) is 93.1 Å². The van der Waals surface area contributed by atoms with E-state index in [1.165, 1.54) is 43.3 Å². The minimum absolute atomic E-state index is 0.0341. The third kappa shape index (κ3) is 5.24. The predicted molar refractivity (Wildman–Crippen MR) is 177 cm³/mol. The number of fused-ring (bicyclic) bond motifs is 4. The van der Waals surface area contributed by atoms with Gasteiger partial charge in [-0.15, -0.1) is 6.42 Å². The van der Waals surface area contributed by atoms with Crippen molar-refractivity contribution in [1.82, 2.24) is 24.8 Å². The lowest BCUT2D eigenvalue weighted by atomic mass is 9.95. The highest BCUT2D eigenvalue weighted by Crippen LogP contribution is 2.45. The Bertz CT molecular complexity index is 2050. The molecule has 6 heterocycles. The summed E-state index contributed by atoms with van der Waals surface area (Å²) in [6.45, 7) is 2.29. The molecule has 3 saturated heterocycles. The summed E-state index contributed by atoms with van der Waals surface area (Å²) in [5.74, 6) is 1.54. The van der Waals surface area contributed by atoms with Crippen molar-refractivity contribution in [3.63, 3.8) is 0 Å². The Hall–Kier alpha value is -4.83. The third-order valence-electron chi connectivity index (χ3n) is 10.3. The highest BCUT2D eigenvalue weighted by molar-refractivity contribution is 6.04. The average Bonchev–Trinajstić information content (AvgIpc) is 3.56. The first-order chi connectivity index (χ1) is 23.7. The summed E-state index contributed by atoms with van der Waals surface area (Å²) in [5, 5.41) is 0.921. The smallest absolute Gasteiger partial charge is 0.414 e. The molecule has 4 aromatic rings. The van der Waals surface area contributed by atoms with E-state index in [0.29, 0.717) is 36.1 Å². The van der Waals surface area contributed by atoms with Gasteiger partial charge < -0.3 is 24.0 Å². The summed E-state index contributed by atoms with van der Waals surface area (Å²) in [4.78, 5) is 32.1. The number of aromatic nitrogens is 3. The van der Waals surface area contributed by atoms with Crippen LogP contribution in [0.2, 0.25) is 0 Å². The number of pyridine rings is 1. The van der Waals surface area contributed by atoms with Crippen LogP contribution in [0.5, 0.6) is 17.6 Å². The molecule has 2 aromatic heterocycles. The first-order valence-corrected chi connectivity index (χ1v) is 16.6. The van der Waals surface area contributed by atoms with Gasteiger partial charge in [-0.3, -0.25) is 4.90 Å². The summed E-state index contributed by atoms with van der Waals surface area (Å²) in [7, 11) is 3.06. The third-order valence-corrected chi connectivity index (χ3v) is 10.3. The van der Waals surface area contributed by atoms with Crippen LogP contribution < -0.4 is 19.1 Å². The van der Waals surface area contributed by atoms with Gasteiger partial charge in [-0.1, -0.05) is 12.0 Å². The minimum atomic E-state index is -0.939. The van der Waals surface area contributed by atoms with E-state index >= 15 is 8.78 Å². The molecule has 4 aliphatic heterocycles. The number of alkyl halides is 1. The largest absolute Gasteiger partial charge is 0.475 e. The zero-order chi connectivity index (χ0) is 34.0. The molecule has 254 valence electrons. The van der Waals surface area contributed by atoms with Gasteiger partial charge in [0.2, 0.25) is 5.88 Å². The van der Waals surface area contributed by atoms with Crippen molar-refractivity contribution in [3.05, 3.63) is 41.5 Å². The second kappa shape index (κ2) is 11.9. The lowest BCUT2D eigenvalue weighted by Crippen LogP contribution is -2.44. The maximum atomic E-state index is 17.2. The molecular formula is C36H35F3N6O4. The Morgan fingerprint density at radius 3 is 2.82 bits per heavy atom. The van der Waals surface area contributed by atoms with Crippen molar-refractivity contribution < 1.29 is 32.2 Å². The second-order valence-corrected chi connectivity index (χ2v) is 13.5. The van der Waals surface area contributed by atoms with Gasteiger partial charge in [0.05, 0.1) is 17.1 Å². The van der Waals surface area contributed by atoms with Gasteiger partial charge in [-0.05, 0) is 62.2 Å². The number of nitrogens with zero attached hydrogens (tertiary/aromatic N) is 6. The van der Waals surface area contributed by atoms with Gasteiger partial charge in [0, 0.05) is 44.6 Å². The van der Waals surface area contributed by atoms with Gasteiger partial charge in [0.1, 0.15) is 53.4 Å². The quantitative estimate of drug-likeness (QED) is 0.242. The SMILES string of the molecule is C#Cc1c(F)ccc2cc(OC(=O)N(C)C)cc(-c3nc4c5c(nc(OC[C@@]67CCCN6C[C@H](F)C7)nc5c3F)N3CCCC[C@H]3CO4)c12. The van der Waals surface area contributed by atoms with Crippen LogP contribution in [0.4, 0.5) is 23.8 Å². The van der Waals surface area contributed by atoms with E-state index in [-0.39, 0.29) is 64.6 Å². The van der Waals surface area contributed by atoms with E-state index < -0.39 is 29.4 Å². The molecule has 10 nitrogen and oxygen atoms in total. The van der Waals surface area contributed by atoms with E-state index in [2.05, 4.69) is 25.7 Å². The number of rotatable bonds is 5. The maximum absolute atomic E-state index is 17.2. The Morgan fingerprint density at radius 1 is 1.14 bits per heavy atom. The summed E-state index contributed by atoms with van der Waals surface area (Å²) in [6.07, 6.45) is 9.03. The Morgan fingerprint density at radius 2 is 2.00 bits per heavy atom. The van der Waals surface area contributed by atoms with Crippen molar-refractivity contribution in [2.45, 2.75) is 56.3 Å². The molecule has 0 saturated carbocycles. The molecule has 3 fully saturated rings. The summed E-state index contributed by atoms with van der Waals surface area (Å²) < 4.78 is 65.0. The molecule has 0 radical (unpaired) electrons. The van der Waals surface area contributed by atoms with Crippen LogP contribution in [0.25, 0.3) is 32.9 Å². The van der Waals surface area contributed by atoms with E-state index in [1.54, 1.807) is 0 Å². The summed E-state index contributed by atoms with van der Waals surface area (Å²) in [6, 6.07) is 5.56. The fraction of sp³-hybridized carbons (Fsp3) is 0.444. The van der Waals surface area contributed by atoms with Crippen LogP contribution in [0.1, 0.15) is 44.1 Å². The van der Waals surface area contributed by atoms with Gasteiger partial charge in [-0.25, -0.2) is 22.9 Å². The van der Waals surface area contributed by atoms with Crippen LogP contribution in [-0.4, -0.2) is 95.5 Å². The van der Waals surface area contributed by atoms with Crippen molar-refractivity contribution in [3.8, 4) is 41.2 Å². The molecular weight excluding hydrogens is 637 g/mol. The standard InChI is InChI=1S/C36H35F3N6O4/c1-4-24-26(38)10-9-20-14-23(49-35(46)43(2)3)15-25(27(20)24)30-29(39)31-28-32(45-13-6-5-8-22(45)18-47-33(28)40-30)42-34(41-31)48-19-36-11-7-12-44(36)17-21(37)16-36/h1,9-10,14-15,21-22H,5-8,11-13,16-19H2,2-3H3/t21-,22+,36+/m1/s1. The van der Waals surface area contributed by atoms with Crippen molar-refractivity contribution >= 4 is 33.6 Å². The molecule has 13 heteroatoms. The molecule has 4 aliphatic rings. The first-order valence-electron chi connectivity index (χ1n) is 16.6. The average molecular weight is 673 g/mol. The maximum Gasteiger partial charge on any atom is 0.414 e. The van der Waals surface area contributed by atoms with Crippen molar-refractivity contribution in [2.75, 3.05) is 51.8 Å². The number of carbonyl (C=O) groups excluding carboxylic acids is 1. The number of carbonyl (C=O) groups is 1. The molecule has 0 unspecified atom stereocenters. The van der Waals surface area contributed by atoms with Crippen molar-refractivity contribution in [1.29, 1.82) is 0 Å². The number of halogens is 3. The Balaban J connectivity index is 1.33. The first kappa shape index (κ1) is 31.4. The van der Waals surface area contributed by atoms with Crippen molar-refractivity contribution in [2.24, 2.45) is 0 Å². The Labute approximate surface area is 281 Å². The summed E-state index contributed by atoms with van der Waals surface area (Å²) >= 11 is 0. The zero-order valence-electron chi connectivity index (χ0n) is 27.3. The zero-order valence-corrected chi connectivity index (χ0v) is 27.3. The second-order valence-electron chi connectivity index (χ2n) is 13.5. The van der Waals surface area contributed by atoms with Crippen LogP contribution in [-0.2, 0) is 0 Å². The van der Waals surface area contributed by atoms with E-state index in [0.717, 1.165) is 38.6 Å². The molecule has 0 N–H and O–H groups in total. The van der Waals surface area contributed by atoms with Gasteiger partial charge in [0.15, 0.2) is 5.82 Å². The monoisotopic (exact) mass is 672 g/mol. The number of hydrogen-bond donors (Lipinski definition) is 0. The highest BCUT2D eigenvalue weighted by atomic mass is 19.1. The van der Waals surface area contributed by atoms with Crippen LogP contribution >= 0.6 is 0 Å². The van der Waals surface area contributed by atoms with E-state index in [1.807, 2.05) is 0 Å². The lowest BCUT2D eigenvalue weighted by Gasteiger charge is -2.35. The van der Waals surface area contributed by atoms with Gasteiger partial charge >= 0.3 is 12.1 Å². The van der Waals surface area contributed by atoms with Crippen LogP contribution in [0, 0.1) is 24.0 Å². The fourth-order valence-corrected chi connectivity index (χ4v) is 7.93. The van der Waals surface area contributed by atoms with Crippen LogP contribution in [0.15, 0.2) is 24.3 Å². The predicted octanol–water partition coefficient (Wildman–Crippen LogP) is 5.87. The molecule has 0 aliphatic carbocycles. The van der Waals surface area contributed by atoms with Gasteiger partial charge in [-0.2, -0.15) is 9.97 Å². The molecule has 3 atom stereocenters. The number of terminal acetylenes is 1. The molecule has 0 spiro atoms. The normalized spacial score (nSPS) is 23.1. The molecule has 0 bridgehead atoms. The van der Waals surface area contributed by atoms with Gasteiger partial charge in [0.25, 0.3) is 0 Å². The van der Waals surface area contributed by atoms with Crippen LogP contribution in [0.3, 0.4) is 0 Å². The number of piperidine rings is 1. The molecule has 49 heavy (non-hydrogen) atoms. The van der Waals surface area contributed by atoms with E-state index in [9.17, 15) is 9.18 Å². The Kier molecular flexibility index (Phi) is 7.66. The highest BCUT2D eigenvalue weighted by Gasteiger charge is 2.49. The fourth-order valence-electron chi connectivity index (χ4n) is 7.93. The molecule has 1 amide bonds.